The van der Waals surface area contributed by atoms with Crippen LogP contribution in [-0.4, -0.2) is 26.8 Å². The van der Waals surface area contributed by atoms with Gasteiger partial charge in [-0.1, -0.05) is 0 Å². The van der Waals surface area contributed by atoms with Gasteiger partial charge in [-0.15, -0.1) is 0 Å². The number of aromatic nitrogens is 3. The monoisotopic (exact) mass is 259 g/mol. The van der Waals surface area contributed by atoms with Crippen molar-refractivity contribution in [2.24, 2.45) is 0 Å². The number of carbonyl (C=O) groups excluding carboxylic acids is 1. The molecule has 1 fully saturated rings. The average molecular weight is 259 g/mol. The van der Waals surface area contributed by atoms with Crippen molar-refractivity contribution < 1.29 is 4.79 Å². The van der Waals surface area contributed by atoms with E-state index in [0.29, 0.717) is 11.7 Å². The molecule has 0 aliphatic heterocycles. The summed E-state index contributed by atoms with van der Waals surface area (Å²) in [5.74, 6) is 0. The summed E-state index contributed by atoms with van der Waals surface area (Å²) in [6.07, 6.45) is 5.58. The molecule has 0 bridgehead atoms. The zero-order chi connectivity index (χ0) is 13.4. The minimum atomic E-state index is -0.167. The highest BCUT2D eigenvalue weighted by molar-refractivity contribution is 5.91. The van der Waals surface area contributed by atoms with Gasteiger partial charge in [0.2, 0.25) is 0 Å². The molecule has 2 heterocycles. The van der Waals surface area contributed by atoms with Crippen molar-refractivity contribution in [2.75, 3.05) is 5.32 Å². The molecule has 2 aromatic rings. The van der Waals surface area contributed by atoms with Crippen molar-refractivity contribution in [3.8, 4) is 0 Å². The topological polar surface area (TPSA) is 71.8 Å². The van der Waals surface area contributed by atoms with Gasteiger partial charge in [0.25, 0.3) is 0 Å². The number of urea groups is 1. The Morgan fingerprint density at radius 2 is 2.21 bits per heavy atom. The minimum absolute atomic E-state index is 0.167. The van der Waals surface area contributed by atoms with Crippen molar-refractivity contribution in [2.45, 2.75) is 38.8 Å². The highest BCUT2D eigenvalue weighted by Gasteiger charge is 2.23. The largest absolute Gasteiger partial charge is 0.335 e. The maximum atomic E-state index is 11.6. The number of amides is 2. The number of nitrogens with one attached hydrogen (secondary N) is 2. The highest BCUT2D eigenvalue weighted by Crippen LogP contribution is 2.20. The Bertz CT molecular complexity index is 615. The van der Waals surface area contributed by atoms with E-state index in [0.717, 1.165) is 23.9 Å². The summed E-state index contributed by atoms with van der Waals surface area (Å²) in [6.45, 7) is 4.12. The lowest BCUT2D eigenvalue weighted by Gasteiger charge is -2.08. The Morgan fingerprint density at radius 1 is 1.42 bits per heavy atom. The third-order valence-corrected chi connectivity index (χ3v) is 3.09. The summed E-state index contributed by atoms with van der Waals surface area (Å²) in [6, 6.07) is 2.34. The Balaban J connectivity index is 1.79. The van der Waals surface area contributed by atoms with Crippen LogP contribution in [0.4, 0.5) is 10.5 Å². The van der Waals surface area contributed by atoms with E-state index in [1.807, 2.05) is 10.7 Å². The number of hydrogen-bond acceptors (Lipinski definition) is 3. The van der Waals surface area contributed by atoms with E-state index >= 15 is 0 Å². The van der Waals surface area contributed by atoms with Crippen LogP contribution in [0.2, 0.25) is 0 Å². The molecule has 3 rings (SSSR count). The number of carbonyl (C=O) groups is 1. The van der Waals surface area contributed by atoms with Gasteiger partial charge >= 0.3 is 6.03 Å². The summed E-state index contributed by atoms with van der Waals surface area (Å²) >= 11 is 0. The minimum Gasteiger partial charge on any atom is -0.335 e. The second-order valence-corrected chi connectivity index (χ2v) is 5.19. The molecule has 1 saturated carbocycles. The van der Waals surface area contributed by atoms with Crippen LogP contribution in [0.15, 0.2) is 18.5 Å². The quantitative estimate of drug-likeness (QED) is 0.888. The van der Waals surface area contributed by atoms with Crippen molar-refractivity contribution in [3.05, 3.63) is 18.5 Å². The van der Waals surface area contributed by atoms with E-state index in [-0.39, 0.29) is 12.1 Å². The first-order valence-corrected chi connectivity index (χ1v) is 6.54. The van der Waals surface area contributed by atoms with Crippen molar-refractivity contribution in [1.82, 2.24) is 20.1 Å². The predicted molar refractivity (Wildman–Crippen MR) is 73.1 cm³/mol. The molecule has 0 atom stereocenters. The number of fused-ring (bicyclic) bond motifs is 1. The van der Waals surface area contributed by atoms with E-state index in [4.69, 9.17) is 0 Å². The van der Waals surface area contributed by atoms with Crippen LogP contribution in [0.3, 0.4) is 0 Å². The molecule has 6 nitrogen and oxygen atoms in total. The van der Waals surface area contributed by atoms with Gasteiger partial charge in [0.05, 0.1) is 18.1 Å². The van der Waals surface area contributed by atoms with Crippen LogP contribution in [0, 0.1) is 0 Å². The number of hydrogen-bond donors (Lipinski definition) is 2. The smallest absolute Gasteiger partial charge is 0.319 e. The lowest BCUT2D eigenvalue weighted by atomic mass is 10.3. The van der Waals surface area contributed by atoms with E-state index in [2.05, 4.69) is 34.6 Å². The lowest BCUT2D eigenvalue weighted by molar-refractivity contribution is 0.251. The average Bonchev–Trinajstić information content (AvgIpc) is 3.06. The van der Waals surface area contributed by atoms with Crippen molar-refractivity contribution in [1.29, 1.82) is 0 Å². The standard InChI is InChI=1S/C13H17N5O/c1-8(2)18-12-9(6-15-18)5-11(7-14-12)17-13(19)16-10-3-4-10/h5-8,10H,3-4H2,1-2H3,(H2,16,17,19). The van der Waals surface area contributed by atoms with Gasteiger partial charge < -0.3 is 10.6 Å². The van der Waals surface area contributed by atoms with Gasteiger partial charge in [0.15, 0.2) is 5.65 Å². The van der Waals surface area contributed by atoms with Crippen LogP contribution < -0.4 is 10.6 Å². The molecule has 1 aliphatic carbocycles. The van der Waals surface area contributed by atoms with Crippen LogP contribution in [0.25, 0.3) is 11.0 Å². The van der Waals surface area contributed by atoms with Gasteiger partial charge in [-0.3, -0.25) is 0 Å². The molecule has 1 aliphatic rings. The molecule has 19 heavy (non-hydrogen) atoms. The third kappa shape index (κ3) is 2.52. The van der Waals surface area contributed by atoms with Gasteiger partial charge in [-0.2, -0.15) is 5.10 Å². The molecule has 0 spiro atoms. The third-order valence-electron chi connectivity index (χ3n) is 3.09. The molecule has 0 saturated heterocycles. The Labute approximate surface area is 111 Å². The maximum Gasteiger partial charge on any atom is 0.319 e. The number of rotatable bonds is 3. The second-order valence-electron chi connectivity index (χ2n) is 5.19. The summed E-state index contributed by atoms with van der Waals surface area (Å²) in [5, 5.41) is 10.9. The molecular weight excluding hydrogens is 242 g/mol. The summed E-state index contributed by atoms with van der Waals surface area (Å²) in [5.41, 5.74) is 1.53. The van der Waals surface area contributed by atoms with E-state index in [1.165, 1.54) is 0 Å². The van der Waals surface area contributed by atoms with Gasteiger partial charge in [0, 0.05) is 17.5 Å². The zero-order valence-corrected chi connectivity index (χ0v) is 11.1. The fourth-order valence-corrected chi connectivity index (χ4v) is 1.97. The normalized spacial score (nSPS) is 14.9. The fourth-order valence-electron chi connectivity index (χ4n) is 1.97. The molecule has 2 aromatic heterocycles. The molecule has 2 amide bonds. The molecular formula is C13H17N5O. The zero-order valence-electron chi connectivity index (χ0n) is 11.1. The van der Waals surface area contributed by atoms with Gasteiger partial charge in [0.1, 0.15) is 0 Å². The van der Waals surface area contributed by atoms with Crippen LogP contribution in [0.1, 0.15) is 32.7 Å². The Kier molecular flexibility index (Phi) is 2.85. The predicted octanol–water partition coefficient (Wildman–Crippen LogP) is 2.30. The molecule has 2 N–H and O–H groups in total. The second kappa shape index (κ2) is 4.53. The maximum absolute atomic E-state index is 11.6. The molecule has 0 unspecified atom stereocenters. The summed E-state index contributed by atoms with van der Waals surface area (Å²) < 4.78 is 1.86. The van der Waals surface area contributed by atoms with E-state index in [1.54, 1.807) is 12.4 Å². The van der Waals surface area contributed by atoms with E-state index < -0.39 is 0 Å². The van der Waals surface area contributed by atoms with Crippen LogP contribution >= 0.6 is 0 Å². The van der Waals surface area contributed by atoms with Crippen molar-refractivity contribution in [3.63, 3.8) is 0 Å². The molecule has 0 radical (unpaired) electrons. The first kappa shape index (κ1) is 12.0. The highest BCUT2D eigenvalue weighted by atomic mass is 16.2. The van der Waals surface area contributed by atoms with Crippen LogP contribution in [0.5, 0.6) is 0 Å². The lowest BCUT2D eigenvalue weighted by Crippen LogP contribution is -2.30. The number of anilines is 1. The fraction of sp³-hybridized carbons (Fsp3) is 0.462. The summed E-state index contributed by atoms with van der Waals surface area (Å²) in [4.78, 5) is 16.0. The molecule has 0 aromatic carbocycles. The van der Waals surface area contributed by atoms with Gasteiger partial charge in [-0.25, -0.2) is 14.5 Å². The number of nitrogens with zero attached hydrogens (tertiary/aromatic N) is 3. The Morgan fingerprint density at radius 3 is 2.89 bits per heavy atom. The SMILES string of the molecule is CC(C)n1ncc2cc(NC(=O)NC3CC3)cnc21. The summed E-state index contributed by atoms with van der Waals surface area (Å²) in [7, 11) is 0. The van der Waals surface area contributed by atoms with E-state index in [9.17, 15) is 4.79 Å². The molecule has 100 valence electrons. The molecule has 6 heteroatoms. The first-order valence-electron chi connectivity index (χ1n) is 6.54. The first-order chi connectivity index (χ1) is 9.13. The van der Waals surface area contributed by atoms with Crippen LogP contribution in [-0.2, 0) is 0 Å². The van der Waals surface area contributed by atoms with Gasteiger partial charge in [-0.05, 0) is 32.8 Å². The van der Waals surface area contributed by atoms with Crippen molar-refractivity contribution >= 4 is 22.8 Å². The number of pyridine rings is 1. The Hall–Kier alpha value is -2.11.